The van der Waals surface area contributed by atoms with Crippen LogP contribution < -0.4 is 0 Å². The summed E-state index contributed by atoms with van der Waals surface area (Å²) < 4.78 is 41.6. The molecule has 10 heteroatoms. The molecular weight excluding hydrogens is 397 g/mol. The number of amides is 1. The first-order chi connectivity index (χ1) is 14.1. The summed E-state index contributed by atoms with van der Waals surface area (Å²) in [5.41, 5.74) is 1.14. The van der Waals surface area contributed by atoms with Crippen molar-refractivity contribution in [1.29, 1.82) is 0 Å². The van der Waals surface area contributed by atoms with Crippen molar-refractivity contribution >= 4 is 11.6 Å². The third-order valence-corrected chi connectivity index (χ3v) is 5.24. The fourth-order valence-corrected chi connectivity index (χ4v) is 3.56. The van der Waals surface area contributed by atoms with Gasteiger partial charge >= 0.3 is 6.18 Å². The quantitative estimate of drug-likeness (QED) is 0.650. The molecule has 1 aliphatic heterocycles. The SMILES string of the molecule is Cc1cnc(C(=O)N2CCC(c3cc4nc(C(C)C)cc(C(F)(F)F)n4n3)C2)cn1. The number of alkyl halides is 3. The smallest absolute Gasteiger partial charge is 0.337 e. The Hall–Kier alpha value is -3.04. The highest BCUT2D eigenvalue weighted by molar-refractivity contribution is 5.92. The number of likely N-dealkylation sites (tertiary alicyclic amines) is 1. The molecule has 158 valence electrons. The van der Waals surface area contributed by atoms with E-state index in [9.17, 15) is 18.0 Å². The highest BCUT2D eigenvalue weighted by Crippen LogP contribution is 2.33. The average Bonchev–Trinajstić information content (AvgIpc) is 3.33. The van der Waals surface area contributed by atoms with Crippen molar-refractivity contribution in [1.82, 2.24) is 29.5 Å². The molecular formula is C20H21F3N6O. The van der Waals surface area contributed by atoms with Crippen LogP contribution >= 0.6 is 0 Å². The number of carbonyl (C=O) groups excluding carboxylic acids is 1. The predicted octanol–water partition coefficient (Wildman–Crippen LogP) is 3.60. The summed E-state index contributed by atoms with van der Waals surface area (Å²) in [6, 6.07) is 2.64. The number of fused-ring (bicyclic) bond motifs is 1. The molecule has 4 heterocycles. The first kappa shape index (κ1) is 20.2. The molecule has 0 radical (unpaired) electrons. The van der Waals surface area contributed by atoms with Crippen LogP contribution in [0.1, 0.15) is 65.4 Å². The van der Waals surface area contributed by atoms with Crippen molar-refractivity contribution in [2.45, 2.75) is 45.2 Å². The van der Waals surface area contributed by atoms with E-state index in [2.05, 4.69) is 20.1 Å². The van der Waals surface area contributed by atoms with E-state index in [-0.39, 0.29) is 29.1 Å². The highest BCUT2D eigenvalue weighted by Gasteiger charge is 2.36. The van der Waals surface area contributed by atoms with Crippen LogP contribution in [0.25, 0.3) is 5.65 Å². The van der Waals surface area contributed by atoms with Gasteiger partial charge in [0.1, 0.15) is 11.4 Å². The van der Waals surface area contributed by atoms with Crippen LogP contribution in [0.15, 0.2) is 24.5 Å². The Balaban J connectivity index is 1.62. The lowest BCUT2D eigenvalue weighted by molar-refractivity contribution is -0.142. The van der Waals surface area contributed by atoms with Gasteiger partial charge in [0.2, 0.25) is 0 Å². The normalized spacial score (nSPS) is 17.3. The van der Waals surface area contributed by atoms with Gasteiger partial charge in [-0.1, -0.05) is 13.8 Å². The Morgan fingerprint density at radius 1 is 1.20 bits per heavy atom. The molecule has 0 spiro atoms. The molecule has 3 aromatic rings. The van der Waals surface area contributed by atoms with Gasteiger partial charge in [-0.15, -0.1) is 0 Å². The zero-order valence-corrected chi connectivity index (χ0v) is 16.8. The van der Waals surface area contributed by atoms with E-state index in [1.165, 1.54) is 12.4 Å². The second-order valence-corrected chi connectivity index (χ2v) is 7.84. The maximum atomic E-state index is 13.6. The molecule has 1 saturated heterocycles. The van der Waals surface area contributed by atoms with Crippen LogP contribution in [-0.4, -0.2) is 48.5 Å². The zero-order valence-electron chi connectivity index (χ0n) is 16.8. The average molecular weight is 418 g/mol. The first-order valence-corrected chi connectivity index (χ1v) is 9.69. The minimum atomic E-state index is -4.55. The summed E-state index contributed by atoms with van der Waals surface area (Å²) in [7, 11) is 0. The van der Waals surface area contributed by atoms with Crippen LogP contribution in [0.4, 0.5) is 13.2 Å². The Bertz CT molecular complexity index is 1090. The third-order valence-electron chi connectivity index (χ3n) is 5.24. The molecule has 0 bridgehead atoms. The van der Waals surface area contributed by atoms with Crippen molar-refractivity contribution in [2.75, 3.05) is 13.1 Å². The number of aryl methyl sites for hydroxylation is 1. The molecule has 0 aromatic carbocycles. The van der Waals surface area contributed by atoms with E-state index in [4.69, 9.17) is 0 Å². The van der Waals surface area contributed by atoms with Crippen LogP contribution in [0.3, 0.4) is 0 Å². The second-order valence-electron chi connectivity index (χ2n) is 7.84. The van der Waals surface area contributed by atoms with Crippen LogP contribution in [0.2, 0.25) is 0 Å². The molecule has 0 aliphatic carbocycles. The predicted molar refractivity (Wildman–Crippen MR) is 102 cm³/mol. The summed E-state index contributed by atoms with van der Waals surface area (Å²) >= 11 is 0. The van der Waals surface area contributed by atoms with Crippen molar-refractivity contribution in [2.24, 2.45) is 0 Å². The largest absolute Gasteiger partial charge is 0.433 e. The second kappa shape index (κ2) is 7.33. The number of hydrogen-bond acceptors (Lipinski definition) is 5. The van der Waals surface area contributed by atoms with Gasteiger partial charge in [-0.2, -0.15) is 18.3 Å². The summed E-state index contributed by atoms with van der Waals surface area (Å²) in [6.45, 7) is 6.21. The summed E-state index contributed by atoms with van der Waals surface area (Å²) in [5, 5.41) is 4.21. The first-order valence-electron chi connectivity index (χ1n) is 9.69. The molecule has 1 amide bonds. The molecule has 30 heavy (non-hydrogen) atoms. The Morgan fingerprint density at radius 2 is 1.97 bits per heavy atom. The van der Waals surface area contributed by atoms with Gasteiger partial charge in [0, 0.05) is 37.0 Å². The number of nitrogens with zero attached hydrogens (tertiary/aromatic N) is 6. The monoisotopic (exact) mass is 418 g/mol. The Labute approximate surface area is 171 Å². The van der Waals surface area contributed by atoms with Crippen LogP contribution in [-0.2, 0) is 6.18 Å². The summed E-state index contributed by atoms with van der Waals surface area (Å²) in [6.07, 6.45) is -0.981. The number of aromatic nitrogens is 5. The number of hydrogen-bond donors (Lipinski definition) is 0. The van der Waals surface area contributed by atoms with Crippen LogP contribution in [0.5, 0.6) is 0 Å². The lowest BCUT2D eigenvalue weighted by atomic mass is 10.1. The van der Waals surface area contributed by atoms with E-state index in [0.29, 0.717) is 36.6 Å². The van der Waals surface area contributed by atoms with Gasteiger partial charge in [0.15, 0.2) is 5.65 Å². The fraction of sp³-hybridized carbons (Fsp3) is 0.450. The summed E-state index contributed by atoms with van der Waals surface area (Å²) in [5.74, 6) is -0.563. The zero-order chi connectivity index (χ0) is 21.6. The maximum absolute atomic E-state index is 13.6. The van der Waals surface area contributed by atoms with Crippen molar-refractivity contribution in [3.63, 3.8) is 0 Å². The van der Waals surface area contributed by atoms with Crippen molar-refractivity contribution in [3.8, 4) is 0 Å². The number of rotatable bonds is 3. The van der Waals surface area contributed by atoms with Crippen molar-refractivity contribution in [3.05, 3.63) is 53.0 Å². The minimum Gasteiger partial charge on any atom is -0.337 e. The molecule has 0 N–H and O–H groups in total. The molecule has 1 aliphatic rings. The number of carbonyl (C=O) groups is 1. The maximum Gasteiger partial charge on any atom is 0.433 e. The molecule has 4 rings (SSSR count). The molecule has 3 aromatic heterocycles. The van der Waals surface area contributed by atoms with Gasteiger partial charge in [0.05, 0.1) is 17.6 Å². The standard InChI is InChI=1S/C20H21F3N6O/c1-11(2)14-6-17(20(21,22)23)29-18(26-14)7-15(27-29)13-4-5-28(10-13)19(30)16-9-24-12(3)8-25-16/h6-9,11,13H,4-5,10H2,1-3H3. The minimum absolute atomic E-state index is 0.148. The fourth-order valence-electron chi connectivity index (χ4n) is 3.56. The van der Waals surface area contributed by atoms with E-state index in [1.54, 1.807) is 31.7 Å². The van der Waals surface area contributed by atoms with Gasteiger partial charge < -0.3 is 4.90 Å². The molecule has 1 unspecified atom stereocenters. The molecule has 7 nitrogen and oxygen atoms in total. The van der Waals surface area contributed by atoms with E-state index in [1.807, 2.05) is 0 Å². The summed E-state index contributed by atoms with van der Waals surface area (Å²) in [4.78, 5) is 26.8. The van der Waals surface area contributed by atoms with Crippen molar-refractivity contribution < 1.29 is 18.0 Å². The Kier molecular flexibility index (Phi) is 4.95. The number of halogens is 3. The topological polar surface area (TPSA) is 76.3 Å². The van der Waals surface area contributed by atoms with E-state index < -0.39 is 11.9 Å². The van der Waals surface area contributed by atoms with Gasteiger partial charge in [-0.3, -0.25) is 9.78 Å². The van der Waals surface area contributed by atoms with Gasteiger partial charge in [-0.05, 0) is 25.3 Å². The third kappa shape index (κ3) is 3.73. The van der Waals surface area contributed by atoms with E-state index in [0.717, 1.165) is 10.6 Å². The van der Waals surface area contributed by atoms with Crippen LogP contribution in [0, 0.1) is 6.92 Å². The lowest BCUT2D eigenvalue weighted by Crippen LogP contribution is -2.29. The highest BCUT2D eigenvalue weighted by atomic mass is 19.4. The van der Waals surface area contributed by atoms with E-state index >= 15 is 0 Å². The van der Waals surface area contributed by atoms with Gasteiger partial charge in [-0.25, -0.2) is 14.5 Å². The Morgan fingerprint density at radius 3 is 2.60 bits per heavy atom. The lowest BCUT2D eigenvalue weighted by Gasteiger charge is -2.15. The van der Waals surface area contributed by atoms with Gasteiger partial charge in [0.25, 0.3) is 5.91 Å². The molecule has 1 fully saturated rings. The molecule has 1 atom stereocenters. The molecule has 0 saturated carbocycles.